The van der Waals surface area contributed by atoms with Crippen molar-refractivity contribution in [1.29, 1.82) is 0 Å². The molecule has 0 heterocycles. The van der Waals surface area contributed by atoms with Gasteiger partial charge in [0, 0.05) is 22.3 Å². The minimum Gasteiger partial charge on any atom is -0.495 e. The summed E-state index contributed by atoms with van der Waals surface area (Å²) in [5, 5.41) is 14.1. The monoisotopic (exact) mass is 400 g/mol. The van der Waals surface area contributed by atoms with Crippen molar-refractivity contribution < 1.29 is 9.66 Å². The van der Waals surface area contributed by atoms with E-state index in [-0.39, 0.29) is 5.69 Å². The van der Waals surface area contributed by atoms with E-state index in [4.69, 9.17) is 4.74 Å². The Morgan fingerprint density at radius 1 is 1.20 bits per heavy atom. The smallest absolute Gasteiger partial charge is 0.293 e. The third-order valence-electron chi connectivity index (χ3n) is 2.59. The highest BCUT2D eigenvalue weighted by Gasteiger charge is 2.14. The van der Waals surface area contributed by atoms with Gasteiger partial charge in [-0.25, -0.2) is 0 Å². The van der Waals surface area contributed by atoms with Crippen molar-refractivity contribution in [1.82, 2.24) is 0 Å². The first-order valence-corrected chi connectivity index (χ1v) is 7.14. The fraction of sp³-hybridized carbons (Fsp3) is 0.0769. The van der Waals surface area contributed by atoms with Gasteiger partial charge in [0.05, 0.1) is 16.5 Å². The number of halogens is 2. The Kier molecular flexibility index (Phi) is 4.61. The van der Waals surface area contributed by atoms with E-state index in [2.05, 4.69) is 37.2 Å². The lowest BCUT2D eigenvalue weighted by atomic mass is 10.2. The van der Waals surface area contributed by atoms with Crippen LogP contribution in [-0.2, 0) is 0 Å². The molecule has 0 aliphatic rings. The first-order valence-electron chi connectivity index (χ1n) is 5.56. The fourth-order valence-corrected chi connectivity index (χ4v) is 2.41. The molecule has 20 heavy (non-hydrogen) atoms. The van der Waals surface area contributed by atoms with Crippen molar-refractivity contribution in [2.24, 2.45) is 0 Å². The summed E-state index contributed by atoms with van der Waals surface area (Å²) in [6, 6.07) is 10.2. The van der Waals surface area contributed by atoms with E-state index in [1.807, 2.05) is 6.07 Å². The molecular weight excluding hydrogens is 392 g/mol. The first kappa shape index (κ1) is 14.8. The molecule has 0 spiro atoms. The van der Waals surface area contributed by atoms with Crippen LogP contribution in [0.25, 0.3) is 0 Å². The minimum absolute atomic E-state index is 0.00117. The summed E-state index contributed by atoms with van der Waals surface area (Å²) >= 11 is 6.58. The molecular formula is C13H10Br2N2O3. The summed E-state index contributed by atoms with van der Waals surface area (Å²) in [5.41, 5.74) is 1.12. The zero-order valence-corrected chi connectivity index (χ0v) is 13.6. The highest BCUT2D eigenvalue weighted by atomic mass is 79.9. The molecule has 0 atom stereocenters. The van der Waals surface area contributed by atoms with E-state index in [1.165, 1.54) is 6.07 Å². The number of hydrogen-bond acceptors (Lipinski definition) is 4. The second kappa shape index (κ2) is 6.23. The fourth-order valence-electron chi connectivity index (χ4n) is 1.65. The lowest BCUT2D eigenvalue weighted by Crippen LogP contribution is -1.97. The molecule has 5 nitrogen and oxygen atoms in total. The van der Waals surface area contributed by atoms with E-state index in [9.17, 15) is 10.1 Å². The zero-order chi connectivity index (χ0) is 14.7. The molecule has 2 rings (SSSR count). The number of anilines is 2. The largest absolute Gasteiger partial charge is 0.495 e. The second-order valence-electron chi connectivity index (χ2n) is 3.89. The van der Waals surface area contributed by atoms with Crippen LogP contribution in [0.15, 0.2) is 45.3 Å². The topological polar surface area (TPSA) is 64.4 Å². The standard InChI is InChI=1S/C13H10Br2N2O3/c1-20-13-7-9(3-4-10(13)15)16-11-5-2-8(14)6-12(11)17(18)19/h2-7,16H,1H3. The summed E-state index contributed by atoms with van der Waals surface area (Å²) in [4.78, 5) is 10.6. The molecule has 0 saturated carbocycles. The van der Waals surface area contributed by atoms with Gasteiger partial charge in [-0.1, -0.05) is 15.9 Å². The third kappa shape index (κ3) is 3.29. The SMILES string of the molecule is COc1cc(Nc2ccc(Br)cc2[N+](=O)[O-])ccc1Br. The van der Waals surface area contributed by atoms with Gasteiger partial charge >= 0.3 is 0 Å². The summed E-state index contributed by atoms with van der Waals surface area (Å²) < 4.78 is 6.66. The normalized spacial score (nSPS) is 10.2. The van der Waals surface area contributed by atoms with Crippen molar-refractivity contribution in [3.05, 3.63) is 55.5 Å². The number of nitro groups is 1. The molecule has 7 heteroatoms. The van der Waals surface area contributed by atoms with Gasteiger partial charge in [0.2, 0.25) is 0 Å². The number of nitrogens with zero attached hydrogens (tertiary/aromatic N) is 1. The van der Waals surface area contributed by atoms with Gasteiger partial charge in [-0.2, -0.15) is 0 Å². The van der Waals surface area contributed by atoms with E-state index in [0.717, 1.165) is 4.47 Å². The average molecular weight is 402 g/mol. The van der Waals surface area contributed by atoms with E-state index >= 15 is 0 Å². The lowest BCUT2D eigenvalue weighted by molar-refractivity contribution is -0.384. The number of methoxy groups -OCH3 is 1. The van der Waals surface area contributed by atoms with Crippen molar-refractivity contribution in [2.45, 2.75) is 0 Å². The maximum atomic E-state index is 11.1. The van der Waals surface area contributed by atoms with Crippen LogP contribution in [0.5, 0.6) is 5.75 Å². The molecule has 0 unspecified atom stereocenters. The summed E-state index contributed by atoms with van der Waals surface area (Å²) in [7, 11) is 1.56. The maximum absolute atomic E-state index is 11.1. The summed E-state index contributed by atoms with van der Waals surface area (Å²) in [6.45, 7) is 0. The average Bonchev–Trinajstić information content (AvgIpc) is 2.42. The van der Waals surface area contributed by atoms with Gasteiger partial charge in [-0.15, -0.1) is 0 Å². The number of benzene rings is 2. The van der Waals surface area contributed by atoms with Gasteiger partial charge in [-0.05, 0) is 40.2 Å². The van der Waals surface area contributed by atoms with Crippen LogP contribution in [0.3, 0.4) is 0 Å². The Hall–Kier alpha value is -1.60. The van der Waals surface area contributed by atoms with Gasteiger partial charge < -0.3 is 10.1 Å². The van der Waals surface area contributed by atoms with Crippen LogP contribution in [0, 0.1) is 10.1 Å². The molecule has 0 amide bonds. The second-order valence-corrected chi connectivity index (χ2v) is 5.66. The molecule has 0 aliphatic heterocycles. The molecule has 0 saturated heterocycles. The van der Waals surface area contributed by atoms with Crippen molar-refractivity contribution >= 4 is 48.9 Å². The minimum atomic E-state index is -0.427. The predicted molar refractivity (Wildman–Crippen MR) is 84.8 cm³/mol. The van der Waals surface area contributed by atoms with Crippen LogP contribution in [0.2, 0.25) is 0 Å². The van der Waals surface area contributed by atoms with Crippen LogP contribution < -0.4 is 10.1 Å². The molecule has 0 aromatic heterocycles. The highest BCUT2D eigenvalue weighted by molar-refractivity contribution is 9.10. The van der Waals surface area contributed by atoms with Gasteiger partial charge in [-0.3, -0.25) is 10.1 Å². The predicted octanol–water partition coefficient (Wildman–Crippen LogP) is 4.87. The summed E-state index contributed by atoms with van der Waals surface area (Å²) in [6.07, 6.45) is 0. The Morgan fingerprint density at radius 3 is 2.60 bits per heavy atom. The van der Waals surface area contributed by atoms with Crippen molar-refractivity contribution in [3.63, 3.8) is 0 Å². The number of hydrogen-bond donors (Lipinski definition) is 1. The number of rotatable bonds is 4. The Morgan fingerprint density at radius 2 is 1.95 bits per heavy atom. The Labute approximate surface area is 132 Å². The van der Waals surface area contributed by atoms with E-state index < -0.39 is 4.92 Å². The molecule has 1 N–H and O–H groups in total. The maximum Gasteiger partial charge on any atom is 0.293 e. The van der Waals surface area contributed by atoms with Crippen LogP contribution in [0.1, 0.15) is 0 Å². The van der Waals surface area contributed by atoms with Crippen molar-refractivity contribution in [3.8, 4) is 5.75 Å². The molecule has 2 aromatic carbocycles. The lowest BCUT2D eigenvalue weighted by Gasteiger charge is -2.10. The number of nitro benzene ring substituents is 1. The highest BCUT2D eigenvalue weighted by Crippen LogP contribution is 2.33. The quantitative estimate of drug-likeness (QED) is 0.586. The molecule has 0 fully saturated rings. The molecule has 0 bridgehead atoms. The van der Waals surface area contributed by atoms with Crippen molar-refractivity contribution in [2.75, 3.05) is 12.4 Å². The van der Waals surface area contributed by atoms with Crippen LogP contribution >= 0.6 is 31.9 Å². The molecule has 0 aliphatic carbocycles. The van der Waals surface area contributed by atoms with Crippen LogP contribution in [0.4, 0.5) is 17.1 Å². The Balaban J connectivity index is 2.37. The van der Waals surface area contributed by atoms with E-state index in [1.54, 1.807) is 31.4 Å². The van der Waals surface area contributed by atoms with E-state index in [0.29, 0.717) is 21.6 Å². The van der Waals surface area contributed by atoms with Gasteiger partial charge in [0.1, 0.15) is 11.4 Å². The number of ether oxygens (including phenoxy) is 1. The first-order chi connectivity index (χ1) is 9.51. The Bertz CT molecular complexity index is 662. The van der Waals surface area contributed by atoms with Gasteiger partial charge in [0.25, 0.3) is 5.69 Å². The third-order valence-corrected chi connectivity index (χ3v) is 3.73. The van der Waals surface area contributed by atoms with Crippen LogP contribution in [-0.4, -0.2) is 12.0 Å². The number of nitrogens with one attached hydrogen (secondary N) is 1. The zero-order valence-electron chi connectivity index (χ0n) is 10.4. The van der Waals surface area contributed by atoms with Gasteiger partial charge in [0.15, 0.2) is 0 Å². The molecule has 2 aromatic rings. The summed E-state index contributed by atoms with van der Waals surface area (Å²) in [5.74, 6) is 0.648. The molecule has 104 valence electrons. The molecule has 0 radical (unpaired) electrons.